The average Bonchev–Trinajstić information content (AvgIpc) is 3.19. The second-order valence-corrected chi connectivity index (χ2v) is 7.05. The number of thiophene rings is 1. The summed E-state index contributed by atoms with van der Waals surface area (Å²) in [7, 11) is 0. The van der Waals surface area contributed by atoms with E-state index in [-0.39, 0.29) is 11.8 Å². The van der Waals surface area contributed by atoms with E-state index >= 15 is 0 Å². The zero-order valence-corrected chi connectivity index (χ0v) is 15.4. The van der Waals surface area contributed by atoms with Crippen molar-refractivity contribution in [3.63, 3.8) is 0 Å². The van der Waals surface area contributed by atoms with Gasteiger partial charge in [-0.25, -0.2) is 0 Å². The van der Waals surface area contributed by atoms with Crippen LogP contribution in [-0.2, 0) is 13.1 Å². The normalized spacial score (nSPS) is 10.3. The van der Waals surface area contributed by atoms with E-state index in [0.717, 1.165) is 11.1 Å². The quantitative estimate of drug-likeness (QED) is 0.667. The number of amides is 2. The van der Waals surface area contributed by atoms with Crippen LogP contribution >= 0.6 is 22.9 Å². The molecule has 0 saturated carbocycles. The van der Waals surface area contributed by atoms with Crippen molar-refractivity contribution in [1.82, 2.24) is 10.6 Å². The molecule has 4 nitrogen and oxygen atoms in total. The highest BCUT2D eigenvalue weighted by atomic mass is 35.5. The summed E-state index contributed by atoms with van der Waals surface area (Å²) in [6.07, 6.45) is 0. The highest BCUT2D eigenvalue weighted by molar-refractivity contribution is 7.12. The van der Waals surface area contributed by atoms with E-state index in [1.807, 2.05) is 41.8 Å². The second kappa shape index (κ2) is 8.65. The minimum absolute atomic E-state index is 0.0941. The fraction of sp³-hybridized carbons (Fsp3) is 0.100. The SMILES string of the molecule is O=C(NCc1cccc(Cl)c1)c1ccc(CNC(=O)c2cccs2)cc1. The molecule has 26 heavy (non-hydrogen) atoms. The minimum Gasteiger partial charge on any atom is -0.348 e. The van der Waals surface area contributed by atoms with Gasteiger partial charge in [0.1, 0.15) is 0 Å². The Morgan fingerprint density at radius 3 is 2.27 bits per heavy atom. The zero-order chi connectivity index (χ0) is 18.4. The summed E-state index contributed by atoms with van der Waals surface area (Å²) in [6.45, 7) is 0.833. The lowest BCUT2D eigenvalue weighted by atomic mass is 10.1. The molecule has 0 unspecified atom stereocenters. The van der Waals surface area contributed by atoms with E-state index in [9.17, 15) is 9.59 Å². The molecule has 0 bridgehead atoms. The van der Waals surface area contributed by atoms with Gasteiger partial charge < -0.3 is 10.6 Å². The Morgan fingerprint density at radius 2 is 1.58 bits per heavy atom. The van der Waals surface area contributed by atoms with Crippen LogP contribution in [0.3, 0.4) is 0 Å². The standard InChI is InChI=1S/C20H17ClN2O2S/c21-17-4-1-3-15(11-17)13-22-19(24)16-8-6-14(7-9-16)12-23-20(25)18-5-2-10-26-18/h1-11H,12-13H2,(H,22,24)(H,23,25). The first-order valence-corrected chi connectivity index (χ1v) is 9.31. The van der Waals surface area contributed by atoms with Crippen molar-refractivity contribution >= 4 is 34.8 Å². The van der Waals surface area contributed by atoms with Gasteiger partial charge in [0.05, 0.1) is 4.88 Å². The van der Waals surface area contributed by atoms with Crippen LogP contribution in [0, 0.1) is 0 Å². The number of rotatable bonds is 6. The molecule has 6 heteroatoms. The van der Waals surface area contributed by atoms with E-state index in [1.54, 1.807) is 24.3 Å². The van der Waals surface area contributed by atoms with Gasteiger partial charge in [-0.1, -0.05) is 41.9 Å². The molecule has 0 atom stereocenters. The Balaban J connectivity index is 1.51. The van der Waals surface area contributed by atoms with Crippen molar-refractivity contribution in [3.05, 3.63) is 92.6 Å². The maximum atomic E-state index is 12.2. The molecule has 0 fully saturated rings. The Kier molecular flexibility index (Phi) is 6.04. The van der Waals surface area contributed by atoms with Crippen LogP contribution in [0.2, 0.25) is 5.02 Å². The van der Waals surface area contributed by atoms with Crippen LogP contribution in [0.25, 0.3) is 0 Å². The Labute approximate surface area is 160 Å². The number of carbonyl (C=O) groups excluding carboxylic acids is 2. The predicted molar refractivity (Wildman–Crippen MR) is 105 cm³/mol. The van der Waals surface area contributed by atoms with Gasteiger partial charge in [0, 0.05) is 23.7 Å². The van der Waals surface area contributed by atoms with E-state index in [1.165, 1.54) is 11.3 Å². The van der Waals surface area contributed by atoms with Crippen LogP contribution < -0.4 is 10.6 Å². The zero-order valence-electron chi connectivity index (χ0n) is 13.9. The van der Waals surface area contributed by atoms with Gasteiger partial charge in [-0.05, 0) is 46.8 Å². The monoisotopic (exact) mass is 384 g/mol. The van der Waals surface area contributed by atoms with Crippen LogP contribution in [0.5, 0.6) is 0 Å². The van der Waals surface area contributed by atoms with E-state index in [0.29, 0.717) is 28.6 Å². The van der Waals surface area contributed by atoms with Crippen molar-refractivity contribution in [1.29, 1.82) is 0 Å². The summed E-state index contributed by atoms with van der Waals surface area (Å²) in [6, 6.07) is 18.2. The van der Waals surface area contributed by atoms with Gasteiger partial charge in [-0.2, -0.15) is 0 Å². The molecule has 1 aromatic heterocycles. The number of nitrogens with one attached hydrogen (secondary N) is 2. The molecular formula is C20H17ClN2O2S. The van der Waals surface area contributed by atoms with Crippen LogP contribution in [0.4, 0.5) is 0 Å². The molecule has 2 N–H and O–H groups in total. The molecule has 1 heterocycles. The van der Waals surface area contributed by atoms with Gasteiger partial charge in [0.25, 0.3) is 11.8 Å². The number of benzene rings is 2. The predicted octanol–water partition coefficient (Wildman–Crippen LogP) is 4.26. The minimum atomic E-state index is -0.154. The smallest absolute Gasteiger partial charge is 0.261 e. The summed E-state index contributed by atoms with van der Waals surface area (Å²) in [5.41, 5.74) is 2.44. The summed E-state index contributed by atoms with van der Waals surface area (Å²) >= 11 is 7.34. The van der Waals surface area contributed by atoms with Crippen molar-refractivity contribution in [3.8, 4) is 0 Å². The van der Waals surface area contributed by atoms with Gasteiger partial charge in [0.2, 0.25) is 0 Å². The summed E-state index contributed by atoms with van der Waals surface area (Å²) in [4.78, 5) is 24.8. The molecule has 0 aliphatic heterocycles. The number of halogens is 1. The molecule has 0 radical (unpaired) electrons. The van der Waals surface area contributed by atoms with Crippen molar-refractivity contribution in [2.24, 2.45) is 0 Å². The summed E-state index contributed by atoms with van der Waals surface area (Å²) in [5.74, 6) is -0.248. The molecule has 132 valence electrons. The largest absolute Gasteiger partial charge is 0.348 e. The molecule has 0 aliphatic rings. The van der Waals surface area contributed by atoms with Crippen LogP contribution in [-0.4, -0.2) is 11.8 Å². The van der Waals surface area contributed by atoms with Gasteiger partial charge in [0.15, 0.2) is 0 Å². The van der Waals surface area contributed by atoms with Crippen molar-refractivity contribution in [2.45, 2.75) is 13.1 Å². The first-order chi connectivity index (χ1) is 12.6. The molecule has 0 saturated heterocycles. The lowest BCUT2D eigenvalue weighted by Gasteiger charge is -2.07. The van der Waals surface area contributed by atoms with E-state index in [2.05, 4.69) is 10.6 Å². The number of carbonyl (C=O) groups is 2. The Hall–Kier alpha value is -2.63. The third-order valence-electron chi connectivity index (χ3n) is 3.76. The molecule has 2 aromatic carbocycles. The fourth-order valence-corrected chi connectivity index (χ4v) is 3.24. The van der Waals surface area contributed by atoms with Gasteiger partial charge >= 0.3 is 0 Å². The van der Waals surface area contributed by atoms with E-state index < -0.39 is 0 Å². The first-order valence-electron chi connectivity index (χ1n) is 8.05. The molecule has 3 aromatic rings. The van der Waals surface area contributed by atoms with Crippen molar-refractivity contribution in [2.75, 3.05) is 0 Å². The lowest BCUT2D eigenvalue weighted by Crippen LogP contribution is -2.23. The van der Waals surface area contributed by atoms with Crippen molar-refractivity contribution < 1.29 is 9.59 Å². The molecule has 3 rings (SSSR count). The summed E-state index contributed by atoms with van der Waals surface area (Å²) < 4.78 is 0. The maximum absolute atomic E-state index is 12.2. The molecular weight excluding hydrogens is 368 g/mol. The molecule has 0 aliphatic carbocycles. The highest BCUT2D eigenvalue weighted by Crippen LogP contribution is 2.11. The molecule has 2 amide bonds. The topological polar surface area (TPSA) is 58.2 Å². The highest BCUT2D eigenvalue weighted by Gasteiger charge is 2.08. The van der Waals surface area contributed by atoms with Crippen LogP contribution in [0.1, 0.15) is 31.2 Å². The maximum Gasteiger partial charge on any atom is 0.261 e. The summed E-state index contributed by atoms with van der Waals surface area (Å²) in [5, 5.41) is 8.24. The Morgan fingerprint density at radius 1 is 0.846 bits per heavy atom. The fourth-order valence-electron chi connectivity index (χ4n) is 2.38. The van der Waals surface area contributed by atoms with Gasteiger partial charge in [-0.3, -0.25) is 9.59 Å². The first kappa shape index (κ1) is 18.2. The number of hydrogen-bond donors (Lipinski definition) is 2. The lowest BCUT2D eigenvalue weighted by molar-refractivity contribution is 0.0943. The number of hydrogen-bond acceptors (Lipinski definition) is 3. The van der Waals surface area contributed by atoms with Crippen LogP contribution in [0.15, 0.2) is 66.0 Å². The third kappa shape index (κ3) is 4.94. The van der Waals surface area contributed by atoms with E-state index in [4.69, 9.17) is 11.6 Å². The third-order valence-corrected chi connectivity index (χ3v) is 4.86. The Bertz CT molecular complexity index is 892. The average molecular weight is 385 g/mol. The molecule has 0 spiro atoms. The second-order valence-electron chi connectivity index (χ2n) is 5.67. The van der Waals surface area contributed by atoms with Gasteiger partial charge in [-0.15, -0.1) is 11.3 Å².